The molecule has 0 radical (unpaired) electrons. The quantitative estimate of drug-likeness (QED) is 0.647. The molecule has 90 valence electrons. The average Bonchev–Trinajstić information content (AvgIpc) is 2.14. The molecule has 3 nitrogen and oxygen atoms in total. The van der Waals surface area contributed by atoms with E-state index in [4.69, 9.17) is 0 Å². The minimum absolute atomic E-state index is 1.14. The molecule has 0 fully saturated rings. The van der Waals surface area contributed by atoms with Gasteiger partial charge in [0.25, 0.3) is 0 Å². The van der Waals surface area contributed by atoms with Crippen LogP contribution in [-0.4, -0.2) is 76.1 Å². The number of hydrogen-bond acceptors (Lipinski definition) is 3. The maximum absolute atomic E-state index is 4.61. The fourth-order valence-corrected chi connectivity index (χ4v) is 0.853. The topological polar surface area (TPSA) is 9.72 Å². The molecule has 0 aliphatic heterocycles. The SMILES string of the molecule is CN(C)CCN(C)CCN(C)C.[Cl][Pt+]. The number of hydrogen-bond donors (Lipinski definition) is 0. The van der Waals surface area contributed by atoms with Gasteiger partial charge in [-0.3, -0.25) is 0 Å². The van der Waals surface area contributed by atoms with E-state index < -0.39 is 0 Å². The maximum atomic E-state index is 4.61. The van der Waals surface area contributed by atoms with E-state index in [0.717, 1.165) is 26.2 Å². The zero-order valence-electron chi connectivity index (χ0n) is 9.86. The average molecular weight is 404 g/mol. The summed E-state index contributed by atoms with van der Waals surface area (Å²) in [4.78, 5) is 6.79. The summed E-state index contributed by atoms with van der Waals surface area (Å²) < 4.78 is 0. The first kappa shape index (κ1) is 17.3. The molecule has 0 bridgehead atoms. The zero-order valence-corrected chi connectivity index (χ0v) is 12.9. The van der Waals surface area contributed by atoms with Gasteiger partial charge in [-0.2, -0.15) is 0 Å². The van der Waals surface area contributed by atoms with Crippen LogP contribution in [0.5, 0.6) is 0 Å². The van der Waals surface area contributed by atoms with Crippen LogP contribution < -0.4 is 0 Å². The predicted octanol–water partition coefficient (Wildman–Crippen LogP) is 0.728. The van der Waals surface area contributed by atoms with Crippen molar-refractivity contribution in [3.05, 3.63) is 0 Å². The Kier molecular flexibility index (Phi) is 14.7. The first-order valence-corrected chi connectivity index (χ1v) is 7.44. The Balaban J connectivity index is 0. The van der Waals surface area contributed by atoms with Gasteiger partial charge in [-0.1, -0.05) is 0 Å². The Morgan fingerprint density at radius 2 is 1.00 bits per heavy atom. The summed E-state index contributed by atoms with van der Waals surface area (Å²) in [5, 5.41) is 0. The molecule has 0 unspecified atom stereocenters. The minimum atomic E-state index is 1.14. The Hall–Kier alpha value is 0.858. The molecule has 0 saturated carbocycles. The summed E-state index contributed by atoms with van der Waals surface area (Å²) in [7, 11) is 15.2. The molecular weight excluding hydrogens is 381 g/mol. The third kappa shape index (κ3) is 15.3. The van der Waals surface area contributed by atoms with Crippen LogP contribution in [0.1, 0.15) is 0 Å². The molecule has 0 N–H and O–H groups in total. The van der Waals surface area contributed by atoms with Crippen molar-refractivity contribution in [1.29, 1.82) is 0 Å². The summed E-state index contributed by atoms with van der Waals surface area (Å²) in [6.45, 7) is 4.59. The molecule has 0 aliphatic rings. The van der Waals surface area contributed by atoms with Crippen LogP contribution in [0.25, 0.3) is 0 Å². The molecule has 0 saturated heterocycles. The number of likely N-dealkylation sites (N-methyl/N-ethyl adjacent to an activating group) is 3. The van der Waals surface area contributed by atoms with E-state index in [9.17, 15) is 0 Å². The second-order valence-corrected chi connectivity index (χ2v) is 3.91. The van der Waals surface area contributed by atoms with Crippen LogP contribution in [0, 0.1) is 0 Å². The predicted molar refractivity (Wildman–Crippen MR) is 60.5 cm³/mol. The third-order valence-corrected chi connectivity index (χ3v) is 1.86. The standard InChI is InChI=1S/C9H23N3.ClH.Pt/c1-10(2)6-8-12(5)9-7-11(3)4;;/h6-9H2,1-5H3;1H;/q;;+2/p-1. The van der Waals surface area contributed by atoms with Crippen molar-refractivity contribution < 1.29 is 18.8 Å². The third-order valence-electron chi connectivity index (χ3n) is 1.86. The summed E-state index contributed by atoms with van der Waals surface area (Å²) in [5.74, 6) is 0. The van der Waals surface area contributed by atoms with Crippen LogP contribution in [0.2, 0.25) is 0 Å². The van der Waals surface area contributed by atoms with Crippen LogP contribution in [0.15, 0.2) is 0 Å². The van der Waals surface area contributed by atoms with E-state index in [0.29, 0.717) is 0 Å². The Labute approximate surface area is 104 Å². The van der Waals surface area contributed by atoms with Crippen molar-refractivity contribution in [2.45, 2.75) is 0 Å². The Bertz CT molecular complexity index is 100. The van der Waals surface area contributed by atoms with Crippen LogP contribution in [0.4, 0.5) is 0 Å². The second kappa shape index (κ2) is 11.9. The van der Waals surface area contributed by atoms with Crippen LogP contribution >= 0.6 is 9.42 Å². The van der Waals surface area contributed by atoms with Crippen LogP contribution in [0.3, 0.4) is 0 Å². The first-order valence-electron chi connectivity index (χ1n) is 4.62. The summed E-state index contributed by atoms with van der Waals surface area (Å²) in [5.41, 5.74) is 0. The van der Waals surface area contributed by atoms with Gasteiger partial charge in [-0.15, -0.1) is 0 Å². The monoisotopic (exact) mass is 403 g/mol. The molecule has 0 aromatic heterocycles. The van der Waals surface area contributed by atoms with Crippen molar-refractivity contribution in [2.24, 2.45) is 0 Å². The summed E-state index contributed by atoms with van der Waals surface area (Å²) >= 11 is 1.61. The normalized spacial score (nSPS) is 10.8. The Morgan fingerprint density at radius 1 is 0.714 bits per heavy atom. The fraction of sp³-hybridized carbons (Fsp3) is 1.00. The van der Waals surface area contributed by atoms with Gasteiger partial charge in [0, 0.05) is 26.2 Å². The van der Waals surface area contributed by atoms with E-state index in [1.807, 2.05) is 0 Å². The van der Waals surface area contributed by atoms with Gasteiger partial charge in [-0.25, -0.2) is 0 Å². The molecule has 0 aromatic carbocycles. The van der Waals surface area contributed by atoms with Gasteiger partial charge in [-0.05, 0) is 35.2 Å². The van der Waals surface area contributed by atoms with Crippen molar-refractivity contribution in [3.63, 3.8) is 0 Å². The van der Waals surface area contributed by atoms with Gasteiger partial charge >= 0.3 is 28.2 Å². The van der Waals surface area contributed by atoms with E-state index in [1.165, 1.54) is 0 Å². The van der Waals surface area contributed by atoms with Crippen molar-refractivity contribution in [2.75, 3.05) is 61.4 Å². The molecule has 0 aliphatic carbocycles. The van der Waals surface area contributed by atoms with E-state index in [-0.39, 0.29) is 0 Å². The molecule has 0 heterocycles. The fourth-order valence-electron chi connectivity index (χ4n) is 0.853. The molecule has 0 rings (SSSR count). The van der Waals surface area contributed by atoms with Crippen molar-refractivity contribution in [3.8, 4) is 0 Å². The zero-order chi connectivity index (χ0) is 11.6. The van der Waals surface area contributed by atoms with Crippen LogP contribution in [-0.2, 0) is 18.8 Å². The van der Waals surface area contributed by atoms with Gasteiger partial charge in [0.15, 0.2) is 0 Å². The number of nitrogens with zero attached hydrogens (tertiary/aromatic N) is 3. The first-order chi connectivity index (χ1) is 6.52. The second-order valence-electron chi connectivity index (χ2n) is 3.91. The van der Waals surface area contributed by atoms with Gasteiger partial charge in [0.2, 0.25) is 0 Å². The van der Waals surface area contributed by atoms with Gasteiger partial charge < -0.3 is 14.7 Å². The van der Waals surface area contributed by atoms with Gasteiger partial charge in [0.1, 0.15) is 0 Å². The summed E-state index contributed by atoms with van der Waals surface area (Å²) in [6.07, 6.45) is 0. The Morgan fingerprint density at radius 3 is 1.21 bits per heavy atom. The molecule has 0 atom stereocenters. The summed E-state index contributed by atoms with van der Waals surface area (Å²) in [6, 6.07) is 0. The van der Waals surface area contributed by atoms with E-state index >= 15 is 0 Å². The van der Waals surface area contributed by atoms with Gasteiger partial charge in [0.05, 0.1) is 0 Å². The number of halogens is 1. The molecule has 14 heavy (non-hydrogen) atoms. The molecule has 0 amide bonds. The molecular formula is C9H23ClN3Pt+. The van der Waals surface area contributed by atoms with E-state index in [2.05, 4.69) is 59.4 Å². The van der Waals surface area contributed by atoms with E-state index in [1.54, 1.807) is 18.8 Å². The molecule has 5 heteroatoms. The number of rotatable bonds is 6. The van der Waals surface area contributed by atoms with Crippen molar-refractivity contribution >= 4 is 9.42 Å². The molecule has 0 aromatic rings. The molecule has 0 spiro atoms. The van der Waals surface area contributed by atoms with Crippen molar-refractivity contribution in [1.82, 2.24) is 14.7 Å².